The number of methoxy groups -OCH3 is 1. The van der Waals surface area contributed by atoms with Crippen molar-refractivity contribution in [3.05, 3.63) is 33.4 Å². The van der Waals surface area contributed by atoms with Crippen molar-refractivity contribution in [1.29, 1.82) is 0 Å². The van der Waals surface area contributed by atoms with Crippen LogP contribution >= 0.6 is 0 Å². The van der Waals surface area contributed by atoms with Crippen molar-refractivity contribution >= 4 is 17.6 Å². The summed E-state index contributed by atoms with van der Waals surface area (Å²) in [5.41, 5.74) is 0.149. The number of rotatable bonds is 4. The average Bonchev–Trinajstić information content (AvgIpc) is 2.96. The van der Waals surface area contributed by atoms with Gasteiger partial charge in [0.05, 0.1) is 23.2 Å². The number of nitro groups is 1. The molecule has 22 heavy (non-hydrogen) atoms. The normalized spacial score (nSPS) is 17.4. The largest absolute Gasteiger partial charge is 0.496 e. The molecule has 1 amide bonds. The Morgan fingerprint density at radius 1 is 1.45 bits per heavy atom. The van der Waals surface area contributed by atoms with Crippen LogP contribution in [0.4, 0.5) is 5.69 Å². The number of benzene rings is 1. The van der Waals surface area contributed by atoms with Gasteiger partial charge in [0.15, 0.2) is 0 Å². The molecule has 0 saturated carbocycles. The van der Waals surface area contributed by atoms with Crippen LogP contribution in [0.15, 0.2) is 12.1 Å². The Morgan fingerprint density at radius 3 is 2.68 bits per heavy atom. The molecular formula is C14H16N2O6. The number of nitro benzene ring substituents is 1. The number of amides is 1. The number of hydrogen-bond acceptors (Lipinski definition) is 5. The second kappa shape index (κ2) is 6.00. The van der Waals surface area contributed by atoms with E-state index in [1.54, 1.807) is 0 Å². The molecule has 1 N–H and O–H groups in total. The first-order valence-corrected chi connectivity index (χ1v) is 6.73. The Bertz CT molecular complexity index is 642. The van der Waals surface area contributed by atoms with Crippen LogP contribution in [0.1, 0.15) is 28.8 Å². The molecular weight excluding hydrogens is 292 g/mol. The summed E-state index contributed by atoms with van der Waals surface area (Å²) in [5, 5.41) is 20.2. The van der Waals surface area contributed by atoms with Gasteiger partial charge in [-0.3, -0.25) is 14.9 Å². The molecule has 1 atom stereocenters. The molecule has 0 radical (unpaired) electrons. The van der Waals surface area contributed by atoms with Crippen LogP contribution in [0.2, 0.25) is 0 Å². The summed E-state index contributed by atoms with van der Waals surface area (Å²) >= 11 is 0. The number of nitrogens with zero attached hydrogens (tertiary/aromatic N) is 2. The third-order valence-corrected chi connectivity index (χ3v) is 3.79. The first kappa shape index (κ1) is 15.7. The minimum absolute atomic E-state index is 0.0577. The number of carbonyl (C=O) groups excluding carboxylic acids is 1. The van der Waals surface area contributed by atoms with Crippen LogP contribution < -0.4 is 4.74 Å². The summed E-state index contributed by atoms with van der Waals surface area (Å²) in [5.74, 6) is -1.38. The predicted molar refractivity (Wildman–Crippen MR) is 76.1 cm³/mol. The van der Waals surface area contributed by atoms with Crippen molar-refractivity contribution < 1.29 is 24.4 Å². The SMILES string of the molecule is COc1cc(C(=O)N2CCC[C@H]2C(=O)O)cc([N+](=O)[O-])c1C. The molecule has 1 saturated heterocycles. The lowest BCUT2D eigenvalue weighted by Gasteiger charge is -2.21. The van der Waals surface area contributed by atoms with Gasteiger partial charge in [-0.25, -0.2) is 4.79 Å². The molecule has 8 heteroatoms. The minimum Gasteiger partial charge on any atom is -0.496 e. The van der Waals surface area contributed by atoms with Gasteiger partial charge < -0.3 is 14.7 Å². The van der Waals surface area contributed by atoms with Gasteiger partial charge in [0, 0.05) is 12.6 Å². The van der Waals surface area contributed by atoms with E-state index >= 15 is 0 Å². The molecule has 0 aromatic heterocycles. The maximum Gasteiger partial charge on any atom is 0.326 e. The van der Waals surface area contributed by atoms with E-state index in [-0.39, 0.29) is 17.0 Å². The lowest BCUT2D eigenvalue weighted by atomic mass is 10.1. The van der Waals surface area contributed by atoms with E-state index in [9.17, 15) is 19.7 Å². The van der Waals surface area contributed by atoms with Crippen LogP contribution in [-0.2, 0) is 4.79 Å². The fourth-order valence-electron chi connectivity index (χ4n) is 2.63. The van der Waals surface area contributed by atoms with E-state index in [1.807, 2.05) is 0 Å². The van der Waals surface area contributed by atoms with E-state index in [1.165, 1.54) is 25.0 Å². The summed E-state index contributed by atoms with van der Waals surface area (Å²) < 4.78 is 5.07. The number of carboxylic acids is 1. The molecule has 1 aromatic carbocycles. The van der Waals surface area contributed by atoms with Gasteiger partial charge in [0.2, 0.25) is 0 Å². The van der Waals surface area contributed by atoms with Crippen molar-refractivity contribution in [1.82, 2.24) is 4.90 Å². The molecule has 0 unspecified atom stereocenters. The minimum atomic E-state index is -1.07. The first-order chi connectivity index (χ1) is 10.4. The van der Waals surface area contributed by atoms with Crippen LogP contribution in [0.5, 0.6) is 5.75 Å². The Labute approximate surface area is 126 Å². The maximum atomic E-state index is 12.5. The van der Waals surface area contributed by atoms with Crippen molar-refractivity contribution in [2.75, 3.05) is 13.7 Å². The standard InChI is InChI=1S/C14H16N2O6/c1-8-11(16(20)21)6-9(7-12(8)22-2)13(17)15-5-3-4-10(15)14(18)19/h6-7,10H,3-5H2,1-2H3,(H,18,19)/t10-/m0/s1. The molecule has 2 rings (SSSR count). The van der Waals surface area contributed by atoms with E-state index in [4.69, 9.17) is 9.84 Å². The Morgan fingerprint density at radius 2 is 2.14 bits per heavy atom. The number of carboxylic acid groups (broad SMARTS) is 1. The number of ether oxygens (including phenoxy) is 1. The molecule has 8 nitrogen and oxygen atoms in total. The van der Waals surface area contributed by atoms with Crippen LogP contribution in [0.25, 0.3) is 0 Å². The Balaban J connectivity index is 2.43. The highest BCUT2D eigenvalue weighted by atomic mass is 16.6. The Hall–Kier alpha value is -2.64. The van der Waals surface area contributed by atoms with Crippen molar-refractivity contribution in [3.63, 3.8) is 0 Å². The second-order valence-corrected chi connectivity index (χ2v) is 5.07. The quantitative estimate of drug-likeness (QED) is 0.668. The third-order valence-electron chi connectivity index (χ3n) is 3.79. The monoisotopic (exact) mass is 308 g/mol. The van der Waals surface area contributed by atoms with Gasteiger partial charge in [-0.2, -0.15) is 0 Å². The summed E-state index contributed by atoms with van der Waals surface area (Å²) in [6.45, 7) is 1.85. The van der Waals surface area contributed by atoms with Crippen molar-refractivity contribution in [2.24, 2.45) is 0 Å². The van der Waals surface area contributed by atoms with E-state index < -0.39 is 22.8 Å². The number of carbonyl (C=O) groups is 2. The van der Waals surface area contributed by atoms with Gasteiger partial charge in [0.1, 0.15) is 11.8 Å². The third kappa shape index (κ3) is 2.72. The van der Waals surface area contributed by atoms with Gasteiger partial charge in [-0.1, -0.05) is 0 Å². The summed E-state index contributed by atoms with van der Waals surface area (Å²) in [4.78, 5) is 35.4. The maximum absolute atomic E-state index is 12.5. The molecule has 118 valence electrons. The van der Waals surface area contributed by atoms with Gasteiger partial charge in [-0.05, 0) is 25.8 Å². The van der Waals surface area contributed by atoms with Crippen LogP contribution in [0.3, 0.4) is 0 Å². The summed E-state index contributed by atoms with van der Waals surface area (Å²) in [7, 11) is 1.36. The molecule has 0 bridgehead atoms. The van der Waals surface area contributed by atoms with E-state index in [2.05, 4.69) is 0 Å². The molecule has 1 aliphatic rings. The number of hydrogen-bond donors (Lipinski definition) is 1. The zero-order chi connectivity index (χ0) is 16.4. The lowest BCUT2D eigenvalue weighted by Crippen LogP contribution is -2.40. The molecule has 1 heterocycles. The zero-order valence-electron chi connectivity index (χ0n) is 12.2. The lowest BCUT2D eigenvalue weighted by molar-refractivity contribution is -0.385. The van der Waals surface area contributed by atoms with E-state index in [0.717, 1.165) is 6.07 Å². The highest BCUT2D eigenvalue weighted by Gasteiger charge is 2.35. The number of aliphatic carboxylic acids is 1. The molecule has 0 aliphatic carbocycles. The molecule has 1 fully saturated rings. The smallest absolute Gasteiger partial charge is 0.326 e. The van der Waals surface area contributed by atoms with Crippen molar-refractivity contribution in [2.45, 2.75) is 25.8 Å². The van der Waals surface area contributed by atoms with E-state index in [0.29, 0.717) is 24.9 Å². The fraction of sp³-hybridized carbons (Fsp3) is 0.429. The Kier molecular flexibility index (Phi) is 4.30. The highest BCUT2D eigenvalue weighted by Crippen LogP contribution is 2.31. The van der Waals surface area contributed by atoms with Crippen molar-refractivity contribution in [3.8, 4) is 5.75 Å². The first-order valence-electron chi connectivity index (χ1n) is 6.73. The molecule has 1 aromatic rings. The van der Waals surface area contributed by atoms with Crippen LogP contribution in [0, 0.1) is 17.0 Å². The molecule has 0 spiro atoms. The topological polar surface area (TPSA) is 110 Å². The van der Waals surface area contributed by atoms with Gasteiger partial charge in [0.25, 0.3) is 11.6 Å². The summed E-state index contributed by atoms with van der Waals surface area (Å²) in [6, 6.07) is 1.68. The van der Waals surface area contributed by atoms with Crippen LogP contribution in [-0.4, -0.2) is 46.5 Å². The second-order valence-electron chi connectivity index (χ2n) is 5.07. The number of likely N-dealkylation sites (tertiary alicyclic amines) is 1. The van der Waals surface area contributed by atoms with Gasteiger partial charge >= 0.3 is 5.97 Å². The predicted octanol–water partition coefficient (Wildman–Crippen LogP) is 1.60. The highest BCUT2D eigenvalue weighted by molar-refractivity contribution is 5.98. The summed E-state index contributed by atoms with van der Waals surface area (Å²) in [6.07, 6.45) is 0.972. The molecule has 1 aliphatic heterocycles. The fourth-order valence-corrected chi connectivity index (χ4v) is 2.63. The zero-order valence-corrected chi connectivity index (χ0v) is 12.2. The average molecular weight is 308 g/mol. The van der Waals surface area contributed by atoms with Gasteiger partial charge in [-0.15, -0.1) is 0 Å².